The fourth-order valence-electron chi connectivity index (χ4n) is 1.75. The van der Waals surface area contributed by atoms with Crippen LogP contribution in [0.25, 0.3) is 0 Å². The Kier molecular flexibility index (Phi) is 4.72. The molecule has 2 aromatic rings. The highest BCUT2D eigenvalue weighted by Crippen LogP contribution is 2.22. The predicted molar refractivity (Wildman–Crippen MR) is 76.4 cm³/mol. The van der Waals surface area contributed by atoms with Gasteiger partial charge >= 0.3 is 12.2 Å². The minimum atomic E-state index is -4.38. The van der Waals surface area contributed by atoms with Crippen LogP contribution in [0.1, 0.15) is 5.69 Å². The topological polar surface area (TPSA) is 81.1 Å². The molecule has 0 aliphatic heterocycles. The molecule has 2 amide bonds. The van der Waals surface area contributed by atoms with Crippen molar-refractivity contribution in [3.8, 4) is 5.75 Å². The Labute approximate surface area is 129 Å². The molecular weight excluding hydrogens is 315 g/mol. The second-order valence-corrected chi connectivity index (χ2v) is 4.60. The van der Waals surface area contributed by atoms with Crippen molar-refractivity contribution in [2.75, 3.05) is 17.7 Å². The number of halogens is 3. The van der Waals surface area contributed by atoms with Crippen LogP contribution in [0.5, 0.6) is 5.75 Å². The van der Waals surface area contributed by atoms with Gasteiger partial charge in [-0.3, -0.25) is 15.3 Å². The van der Waals surface area contributed by atoms with Crippen molar-refractivity contribution in [1.29, 1.82) is 0 Å². The van der Waals surface area contributed by atoms with Crippen LogP contribution in [0.4, 0.5) is 29.6 Å². The molecule has 0 aliphatic carbocycles. The number of nitrogens with zero attached hydrogens (tertiary/aromatic N) is 3. The molecule has 0 radical (unpaired) electrons. The summed E-state index contributed by atoms with van der Waals surface area (Å²) in [6.45, 7) is 0.505. The van der Waals surface area contributed by atoms with Gasteiger partial charge in [0.15, 0.2) is 17.4 Å². The number of aromatic nitrogens is 3. The predicted octanol–water partition coefficient (Wildman–Crippen LogP) is 2.80. The molecule has 0 aromatic carbocycles. The van der Waals surface area contributed by atoms with E-state index in [0.29, 0.717) is 16.1 Å². The minimum absolute atomic E-state index is 0.0154. The van der Waals surface area contributed by atoms with E-state index in [1.807, 2.05) is 0 Å². The summed E-state index contributed by atoms with van der Waals surface area (Å²) in [6.07, 6.45) is -3.26. The first-order chi connectivity index (χ1) is 10.8. The highest BCUT2D eigenvalue weighted by atomic mass is 19.4. The number of hydrogen-bond acceptors (Lipinski definition) is 4. The van der Waals surface area contributed by atoms with Crippen LogP contribution in [0.15, 0.2) is 24.4 Å². The van der Waals surface area contributed by atoms with Crippen LogP contribution in [0.3, 0.4) is 0 Å². The van der Waals surface area contributed by atoms with E-state index >= 15 is 0 Å². The molecule has 0 unspecified atom stereocenters. The number of anilines is 2. The van der Waals surface area contributed by atoms with E-state index in [1.54, 1.807) is 19.1 Å². The number of ether oxygens (including phenoxy) is 1. The van der Waals surface area contributed by atoms with Gasteiger partial charge in [0.2, 0.25) is 0 Å². The van der Waals surface area contributed by atoms with Crippen LogP contribution < -0.4 is 15.4 Å². The molecular formula is C13H14F3N5O2. The number of hydrogen-bond donors (Lipinski definition) is 2. The summed E-state index contributed by atoms with van der Waals surface area (Å²) >= 11 is 0. The molecule has 0 bridgehead atoms. The number of nitrogens with one attached hydrogen (secondary N) is 2. The lowest BCUT2D eigenvalue weighted by Gasteiger charge is -2.10. The molecule has 0 saturated heterocycles. The van der Waals surface area contributed by atoms with E-state index in [4.69, 9.17) is 4.74 Å². The standard InChI is InChI=1S/C13H14F3N5O2/c1-8-3-4-9(23-2)11(17-8)19-12(22)18-10-5-6-21(20-10)7-13(14,15)16/h3-6H,7H2,1-2H3,(H2,17,18,19,20,22). The maximum absolute atomic E-state index is 12.2. The van der Waals surface area contributed by atoms with Crippen molar-refractivity contribution in [2.45, 2.75) is 19.6 Å². The Morgan fingerprint density at radius 1 is 1.30 bits per heavy atom. The number of amides is 2. The zero-order valence-corrected chi connectivity index (χ0v) is 12.3. The molecule has 23 heavy (non-hydrogen) atoms. The summed E-state index contributed by atoms with van der Waals surface area (Å²) in [5, 5.41) is 8.38. The zero-order chi connectivity index (χ0) is 17.0. The Morgan fingerprint density at radius 3 is 2.70 bits per heavy atom. The number of carbonyl (C=O) groups excluding carboxylic acids is 1. The highest BCUT2D eigenvalue weighted by molar-refractivity contribution is 5.99. The lowest BCUT2D eigenvalue weighted by atomic mass is 10.3. The lowest BCUT2D eigenvalue weighted by Crippen LogP contribution is -2.22. The Bertz CT molecular complexity index is 699. The van der Waals surface area contributed by atoms with Gasteiger partial charge in [0.25, 0.3) is 0 Å². The molecule has 0 atom stereocenters. The van der Waals surface area contributed by atoms with Gasteiger partial charge < -0.3 is 4.74 Å². The van der Waals surface area contributed by atoms with Crippen molar-refractivity contribution >= 4 is 17.7 Å². The fraction of sp³-hybridized carbons (Fsp3) is 0.308. The van der Waals surface area contributed by atoms with Gasteiger partial charge in [-0.15, -0.1) is 0 Å². The maximum Gasteiger partial charge on any atom is 0.408 e. The summed E-state index contributed by atoms with van der Waals surface area (Å²) in [4.78, 5) is 16.0. The van der Waals surface area contributed by atoms with E-state index in [9.17, 15) is 18.0 Å². The SMILES string of the molecule is COc1ccc(C)nc1NC(=O)Nc1ccn(CC(F)(F)F)n1. The summed E-state index contributed by atoms with van der Waals surface area (Å²) < 4.78 is 42.5. The minimum Gasteiger partial charge on any atom is -0.493 e. The second-order valence-electron chi connectivity index (χ2n) is 4.60. The van der Waals surface area contributed by atoms with Crippen LogP contribution in [-0.4, -0.2) is 34.1 Å². The van der Waals surface area contributed by atoms with E-state index in [0.717, 1.165) is 6.20 Å². The van der Waals surface area contributed by atoms with E-state index in [2.05, 4.69) is 20.7 Å². The van der Waals surface area contributed by atoms with Gasteiger partial charge in [-0.1, -0.05) is 0 Å². The molecule has 2 rings (SSSR count). The average Bonchev–Trinajstić information content (AvgIpc) is 2.83. The number of urea groups is 1. The molecule has 2 heterocycles. The van der Waals surface area contributed by atoms with E-state index < -0.39 is 18.8 Å². The lowest BCUT2D eigenvalue weighted by molar-refractivity contribution is -0.142. The quantitative estimate of drug-likeness (QED) is 0.904. The molecule has 2 N–H and O–H groups in total. The van der Waals surface area contributed by atoms with Crippen LogP contribution in [-0.2, 0) is 6.54 Å². The Balaban J connectivity index is 2.01. The van der Waals surface area contributed by atoms with Crippen molar-refractivity contribution in [3.05, 3.63) is 30.1 Å². The molecule has 0 fully saturated rings. The molecule has 124 valence electrons. The second kappa shape index (κ2) is 6.55. The van der Waals surface area contributed by atoms with Crippen molar-refractivity contribution in [1.82, 2.24) is 14.8 Å². The highest BCUT2D eigenvalue weighted by Gasteiger charge is 2.28. The summed E-state index contributed by atoms with van der Waals surface area (Å²) in [7, 11) is 1.42. The summed E-state index contributed by atoms with van der Waals surface area (Å²) in [5.74, 6) is 0.534. The van der Waals surface area contributed by atoms with Gasteiger partial charge in [0, 0.05) is 18.0 Å². The summed E-state index contributed by atoms with van der Waals surface area (Å²) in [5.41, 5.74) is 0.663. The van der Waals surface area contributed by atoms with Gasteiger partial charge in [-0.05, 0) is 19.1 Å². The van der Waals surface area contributed by atoms with Crippen LogP contribution in [0.2, 0.25) is 0 Å². The van der Waals surface area contributed by atoms with Crippen LogP contribution in [0, 0.1) is 6.92 Å². The van der Waals surface area contributed by atoms with Gasteiger partial charge in [0.05, 0.1) is 7.11 Å². The van der Waals surface area contributed by atoms with Crippen LogP contribution >= 0.6 is 0 Å². The fourth-order valence-corrected chi connectivity index (χ4v) is 1.75. The number of aryl methyl sites for hydroxylation is 1. The largest absolute Gasteiger partial charge is 0.493 e. The third-order valence-corrected chi connectivity index (χ3v) is 2.67. The molecule has 0 aliphatic rings. The first-order valence-electron chi connectivity index (χ1n) is 6.46. The average molecular weight is 329 g/mol. The number of pyridine rings is 1. The first-order valence-corrected chi connectivity index (χ1v) is 6.46. The van der Waals surface area contributed by atoms with E-state index in [-0.39, 0.29) is 11.6 Å². The van der Waals surface area contributed by atoms with E-state index in [1.165, 1.54) is 13.2 Å². The smallest absolute Gasteiger partial charge is 0.408 e. The molecule has 0 spiro atoms. The normalized spacial score (nSPS) is 11.2. The zero-order valence-electron chi connectivity index (χ0n) is 12.3. The third-order valence-electron chi connectivity index (χ3n) is 2.67. The number of rotatable bonds is 4. The summed E-state index contributed by atoms with van der Waals surface area (Å²) in [6, 6.07) is 3.90. The van der Waals surface area contributed by atoms with Gasteiger partial charge in [0.1, 0.15) is 6.54 Å². The first kappa shape index (κ1) is 16.6. The Hall–Kier alpha value is -2.78. The number of carbonyl (C=O) groups is 1. The molecule has 0 saturated carbocycles. The van der Waals surface area contributed by atoms with Crippen molar-refractivity contribution < 1.29 is 22.7 Å². The van der Waals surface area contributed by atoms with Crippen molar-refractivity contribution in [3.63, 3.8) is 0 Å². The van der Waals surface area contributed by atoms with Crippen molar-refractivity contribution in [2.24, 2.45) is 0 Å². The van der Waals surface area contributed by atoms with Gasteiger partial charge in [-0.2, -0.15) is 18.3 Å². The molecule has 2 aromatic heterocycles. The number of alkyl halides is 3. The monoisotopic (exact) mass is 329 g/mol. The maximum atomic E-state index is 12.2. The number of methoxy groups -OCH3 is 1. The Morgan fingerprint density at radius 2 is 2.04 bits per heavy atom. The van der Waals surface area contributed by atoms with Gasteiger partial charge in [-0.25, -0.2) is 9.78 Å². The third kappa shape index (κ3) is 4.87. The molecule has 10 heteroatoms. The molecule has 7 nitrogen and oxygen atoms in total.